The Kier molecular flexibility index (Phi) is 3.49. The van der Waals surface area contributed by atoms with E-state index in [4.69, 9.17) is 0 Å². The molecular weight excluding hydrogens is 216 g/mol. The number of aryl methyl sites for hydroxylation is 2. The Hall–Kier alpha value is -1.75. The number of hydrogen-bond acceptors (Lipinski definition) is 4. The fraction of sp³-hybridized carbons (Fsp3) is 0.417. The van der Waals surface area contributed by atoms with Crippen LogP contribution in [0.2, 0.25) is 0 Å². The van der Waals surface area contributed by atoms with Gasteiger partial charge >= 0.3 is 0 Å². The molecule has 5 heteroatoms. The molecule has 0 aliphatic rings. The van der Waals surface area contributed by atoms with Gasteiger partial charge in [0.1, 0.15) is 0 Å². The lowest BCUT2D eigenvalue weighted by Crippen LogP contribution is -2.10. The molecule has 1 N–H and O–H groups in total. The first-order chi connectivity index (χ1) is 8.20. The highest BCUT2D eigenvalue weighted by atomic mass is 16.3. The van der Waals surface area contributed by atoms with Crippen molar-refractivity contribution in [2.45, 2.75) is 19.3 Å². The minimum Gasteiger partial charge on any atom is -0.396 e. The van der Waals surface area contributed by atoms with Crippen LogP contribution in [-0.2, 0) is 13.5 Å². The Morgan fingerprint density at radius 2 is 2.12 bits per heavy atom. The summed E-state index contributed by atoms with van der Waals surface area (Å²) in [5, 5.41) is 21.4. The van der Waals surface area contributed by atoms with Crippen LogP contribution >= 0.6 is 0 Å². The van der Waals surface area contributed by atoms with E-state index in [9.17, 15) is 5.11 Å². The van der Waals surface area contributed by atoms with Crippen LogP contribution < -0.4 is 0 Å². The number of tetrazole rings is 1. The Bertz CT molecular complexity index is 495. The van der Waals surface area contributed by atoms with E-state index in [-0.39, 0.29) is 12.5 Å². The maximum atomic E-state index is 9.49. The maximum Gasteiger partial charge on any atom is 0.175 e. The highest BCUT2D eigenvalue weighted by molar-refractivity contribution is 5.29. The van der Waals surface area contributed by atoms with E-state index in [1.807, 2.05) is 31.2 Å². The van der Waals surface area contributed by atoms with Crippen LogP contribution in [0, 0.1) is 6.92 Å². The van der Waals surface area contributed by atoms with E-state index in [2.05, 4.69) is 15.4 Å². The highest BCUT2D eigenvalue weighted by Gasteiger charge is 2.15. The molecule has 0 spiro atoms. The van der Waals surface area contributed by atoms with Gasteiger partial charge in [-0.1, -0.05) is 24.3 Å². The van der Waals surface area contributed by atoms with Gasteiger partial charge in [-0.2, -0.15) is 4.80 Å². The van der Waals surface area contributed by atoms with Gasteiger partial charge in [0.05, 0.1) is 13.7 Å². The number of benzene rings is 1. The van der Waals surface area contributed by atoms with Crippen molar-refractivity contribution in [2.75, 3.05) is 6.61 Å². The topological polar surface area (TPSA) is 63.8 Å². The molecule has 1 aromatic heterocycles. The Balaban J connectivity index is 2.20. The average molecular weight is 232 g/mol. The second-order valence-corrected chi connectivity index (χ2v) is 4.14. The minimum atomic E-state index is 0.0281. The molecule has 1 heterocycles. The number of aliphatic hydroxyl groups is 1. The Morgan fingerprint density at radius 1 is 1.35 bits per heavy atom. The Morgan fingerprint density at radius 3 is 2.71 bits per heavy atom. The molecule has 0 radical (unpaired) electrons. The molecule has 90 valence electrons. The minimum absolute atomic E-state index is 0.0281. The van der Waals surface area contributed by atoms with Crippen LogP contribution in [0.1, 0.15) is 22.9 Å². The molecule has 0 amide bonds. The van der Waals surface area contributed by atoms with E-state index in [0.717, 1.165) is 5.56 Å². The van der Waals surface area contributed by atoms with E-state index in [1.54, 1.807) is 7.05 Å². The van der Waals surface area contributed by atoms with E-state index in [1.165, 1.54) is 10.4 Å². The van der Waals surface area contributed by atoms with Crippen molar-refractivity contribution in [3.8, 4) is 0 Å². The van der Waals surface area contributed by atoms with Gasteiger partial charge in [0, 0.05) is 12.3 Å². The third-order valence-electron chi connectivity index (χ3n) is 2.83. The van der Waals surface area contributed by atoms with E-state index < -0.39 is 0 Å². The highest BCUT2D eigenvalue weighted by Crippen LogP contribution is 2.21. The van der Waals surface area contributed by atoms with Gasteiger partial charge in [0.15, 0.2) is 5.82 Å². The van der Waals surface area contributed by atoms with Crippen LogP contribution in [0.4, 0.5) is 0 Å². The molecule has 1 unspecified atom stereocenters. The molecule has 0 aliphatic heterocycles. The molecule has 17 heavy (non-hydrogen) atoms. The zero-order valence-corrected chi connectivity index (χ0v) is 10.0. The van der Waals surface area contributed by atoms with Crippen molar-refractivity contribution in [2.24, 2.45) is 7.05 Å². The molecular formula is C12H16N4O. The summed E-state index contributed by atoms with van der Waals surface area (Å²) in [5.41, 5.74) is 2.32. The predicted molar refractivity (Wildman–Crippen MR) is 63.5 cm³/mol. The number of aromatic nitrogens is 4. The van der Waals surface area contributed by atoms with Crippen LogP contribution in [0.25, 0.3) is 0 Å². The van der Waals surface area contributed by atoms with Crippen molar-refractivity contribution in [3.05, 3.63) is 41.2 Å². The summed E-state index contributed by atoms with van der Waals surface area (Å²) >= 11 is 0. The first-order valence-corrected chi connectivity index (χ1v) is 5.60. The fourth-order valence-electron chi connectivity index (χ4n) is 1.94. The molecule has 0 fully saturated rings. The molecule has 2 rings (SSSR count). The third-order valence-corrected chi connectivity index (χ3v) is 2.83. The summed E-state index contributed by atoms with van der Waals surface area (Å²) in [5.74, 6) is 0.690. The zero-order chi connectivity index (χ0) is 12.3. The summed E-state index contributed by atoms with van der Waals surface area (Å²) in [6.45, 7) is 2.13. The molecule has 1 atom stereocenters. The van der Waals surface area contributed by atoms with Gasteiger partial charge < -0.3 is 5.11 Å². The van der Waals surface area contributed by atoms with Crippen molar-refractivity contribution < 1.29 is 5.11 Å². The molecule has 5 nitrogen and oxygen atoms in total. The number of rotatable bonds is 4. The van der Waals surface area contributed by atoms with Gasteiger partial charge in [0.25, 0.3) is 0 Å². The quantitative estimate of drug-likeness (QED) is 0.848. The summed E-state index contributed by atoms with van der Waals surface area (Å²) < 4.78 is 0. The molecule has 2 aromatic rings. The monoisotopic (exact) mass is 232 g/mol. The van der Waals surface area contributed by atoms with Gasteiger partial charge in [-0.25, -0.2) is 0 Å². The standard InChI is InChI=1S/C12H16N4O/c1-9-5-3-4-6-11(9)10(8-17)7-12-13-15-16(2)14-12/h3-6,10,17H,7-8H2,1-2H3. The van der Waals surface area contributed by atoms with E-state index in [0.29, 0.717) is 12.2 Å². The predicted octanol–water partition coefficient (Wildman–Crippen LogP) is 0.837. The zero-order valence-electron chi connectivity index (χ0n) is 10.0. The van der Waals surface area contributed by atoms with Crippen molar-refractivity contribution >= 4 is 0 Å². The van der Waals surface area contributed by atoms with Crippen molar-refractivity contribution in [1.82, 2.24) is 20.2 Å². The van der Waals surface area contributed by atoms with E-state index >= 15 is 0 Å². The largest absolute Gasteiger partial charge is 0.396 e. The van der Waals surface area contributed by atoms with Gasteiger partial charge in [-0.05, 0) is 23.3 Å². The lowest BCUT2D eigenvalue weighted by atomic mass is 9.92. The molecule has 0 aliphatic carbocycles. The Labute approximate surface area is 100 Å². The molecule has 1 aromatic carbocycles. The summed E-state index contributed by atoms with van der Waals surface area (Å²) in [7, 11) is 1.73. The van der Waals surface area contributed by atoms with Crippen LogP contribution in [-0.4, -0.2) is 31.9 Å². The van der Waals surface area contributed by atoms with Crippen molar-refractivity contribution in [1.29, 1.82) is 0 Å². The van der Waals surface area contributed by atoms with Gasteiger partial charge in [0.2, 0.25) is 0 Å². The first-order valence-electron chi connectivity index (χ1n) is 5.60. The summed E-state index contributed by atoms with van der Waals surface area (Å²) in [6, 6.07) is 8.05. The van der Waals surface area contributed by atoms with Crippen LogP contribution in [0.3, 0.4) is 0 Å². The average Bonchev–Trinajstić information content (AvgIpc) is 2.73. The number of nitrogens with zero attached hydrogens (tertiary/aromatic N) is 4. The second kappa shape index (κ2) is 5.05. The summed E-state index contributed by atoms with van der Waals surface area (Å²) in [6.07, 6.45) is 0.606. The molecule has 0 saturated carbocycles. The molecule has 0 bridgehead atoms. The van der Waals surface area contributed by atoms with Crippen LogP contribution in [0.5, 0.6) is 0 Å². The smallest absolute Gasteiger partial charge is 0.175 e. The lowest BCUT2D eigenvalue weighted by molar-refractivity contribution is 0.262. The fourth-order valence-corrected chi connectivity index (χ4v) is 1.94. The SMILES string of the molecule is Cc1ccccc1C(CO)Cc1nnn(C)n1. The van der Waals surface area contributed by atoms with Gasteiger partial charge in [-0.3, -0.25) is 0 Å². The summed E-state index contributed by atoms with van der Waals surface area (Å²) in [4.78, 5) is 1.43. The number of hydrogen-bond donors (Lipinski definition) is 1. The van der Waals surface area contributed by atoms with Gasteiger partial charge in [-0.15, -0.1) is 10.2 Å². The third kappa shape index (κ3) is 2.68. The normalized spacial score (nSPS) is 12.6. The number of aliphatic hydroxyl groups excluding tert-OH is 1. The second-order valence-electron chi connectivity index (χ2n) is 4.14. The van der Waals surface area contributed by atoms with Crippen LogP contribution in [0.15, 0.2) is 24.3 Å². The molecule has 0 saturated heterocycles. The van der Waals surface area contributed by atoms with Crippen molar-refractivity contribution in [3.63, 3.8) is 0 Å². The first kappa shape index (κ1) is 11.7. The maximum absolute atomic E-state index is 9.49. The lowest BCUT2D eigenvalue weighted by Gasteiger charge is -2.14.